The van der Waals surface area contributed by atoms with Crippen molar-refractivity contribution in [2.24, 2.45) is 0 Å². The minimum absolute atomic E-state index is 0.0174. The third-order valence-electron chi connectivity index (χ3n) is 3.25. The molecule has 0 amide bonds. The monoisotopic (exact) mass is 263 g/mol. The number of aromatic nitrogens is 1. The van der Waals surface area contributed by atoms with Crippen molar-refractivity contribution >= 4 is 32.9 Å². The van der Waals surface area contributed by atoms with Crippen LogP contribution in [0.1, 0.15) is 24.8 Å². The van der Waals surface area contributed by atoms with Gasteiger partial charge >= 0.3 is 0 Å². The molecule has 0 bridgehead atoms. The van der Waals surface area contributed by atoms with Crippen molar-refractivity contribution < 1.29 is 4.92 Å². The molecule has 2 aromatic rings. The van der Waals surface area contributed by atoms with Gasteiger partial charge in [-0.15, -0.1) is 11.3 Å². The minimum Gasteiger partial charge on any atom is -0.374 e. The molecule has 0 saturated heterocycles. The molecule has 1 saturated carbocycles. The number of benzene rings is 1. The van der Waals surface area contributed by atoms with Crippen LogP contribution in [0.25, 0.3) is 10.2 Å². The van der Waals surface area contributed by atoms with Crippen molar-refractivity contribution in [1.82, 2.24) is 4.98 Å². The Labute approximate surface area is 108 Å². The van der Waals surface area contributed by atoms with E-state index in [1.165, 1.54) is 11.3 Å². The van der Waals surface area contributed by atoms with Crippen LogP contribution in [0.2, 0.25) is 0 Å². The lowest BCUT2D eigenvalue weighted by atomic mass is 10.2. The van der Waals surface area contributed by atoms with Gasteiger partial charge in [-0.3, -0.25) is 10.1 Å². The zero-order valence-corrected chi connectivity index (χ0v) is 11.0. The van der Waals surface area contributed by atoms with Gasteiger partial charge in [0.05, 0.1) is 20.1 Å². The molecule has 94 valence electrons. The number of anilines is 1. The second-order valence-corrected chi connectivity index (χ2v) is 6.25. The molecule has 0 aliphatic heterocycles. The Morgan fingerprint density at radius 3 is 2.83 bits per heavy atom. The Kier molecular flexibility index (Phi) is 2.31. The van der Waals surface area contributed by atoms with Gasteiger partial charge < -0.3 is 5.32 Å². The molecule has 0 unspecified atom stereocenters. The third-order valence-corrected chi connectivity index (χ3v) is 4.18. The van der Waals surface area contributed by atoms with E-state index in [4.69, 9.17) is 0 Å². The molecule has 1 aromatic carbocycles. The first-order chi connectivity index (χ1) is 8.47. The Morgan fingerprint density at radius 1 is 1.50 bits per heavy atom. The standard InChI is InChI=1S/C12H13N3O2S/c1-7-13-9-5-8(14-12(2)3-4-12)10(15(16)17)6-11(9)18-7/h5-6,14H,3-4H2,1-2H3. The number of nitro benzene ring substituents is 1. The van der Waals surface area contributed by atoms with Crippen LogP contribution in [-0.2, 0) is 0 Å². The number of hydrogen-bond acceptors (Lipinski definition) is 5. The first-order valence-corrected chi connectivity index (χ1v) is 6.62. The quantitative estimate of drug-likeness (QED) is 0.680. The van der Waals surface area contributed by atoms with Crippen LogP contribution in [0.3, 0.4) is 0 Å². The molecule has 1 N–H and O–H groups in total. The number of aryl methyl sites for hydroxylation is 1. The number of nitrogens with zero attached hydrogens (tertiary/aromatic N) is 2. The van der Waals surface area contributed by atoms with Gasteiger partial charge in [0.25, 0.3) is 5.69 Å². The van der Waals surface area contributed by atoms with E-state index in [1.807, 2.05) is 6.92 Å². The smallest absolute Gasteiger partial charge is 0.293 e. The van der Waals surface area contributed by atoms with Gasteiger partial charge in [0, 0.05) is 11.6 Å². The normalized spacial score (nSPS) is 16.8. The summed E-state index contributed by atoms with van der Waals surface area (Å²) in [6.45, 7) is 3.99. The van der Waals surface area contributed by atoms with Crippen LogP contribution in [0.5, 0.6) is 0 Å². The molecular formula is C12H13N3O2S. The summed E-state index contributed by atoms with van der Waals surface area (Å²) >= 11 is 1.48. The van der Waals surface area contributed by atoms with Crippen molar-refractivity contribution in [1.29, 1.82) is 0 Å². The zero-order valence-electron chi connectivity index (χ0n) is 10.2. The Hall–Kier alpha value is -1.69. The predicted octanol–water partition coefficient (Wildman–Crippen LogP) is 3.48. The molecular weight excluding hydrogens is 250 g/mol. The van der Waals surface area contributed by atoms with Crippen LogP contribution >= 0.6 is 11.3 Å². The number of nitro groups is 1. The largest absolute Gasteiger partial charge is 0.374 e. The van der Waals surface area contributed by atoms with E-state index in [9.17, 15) is 10.1 Å². The maximum absolute atomic E-state index is 11.1. The second kappa shape index (κ2) is 3.65. The van der Waals surface area contributed by atoms with Crippen molar-refractivity contribution in [3.05, 3.63) is 27.3 Å². The van der Waals surface area contributed by atoms with Crippen molar-refractivity contribution in [3.8, 4) is 0 Å². The van der Waals surface area contributed by atoms with E-state index < -0.39 is 0 Å². The van der Waals surface area contributed by atoms with Crippen LogP contribution in [0, 0.1) is 17.0 Å². The summed E-state index contributed by atoms with van der Waals surface area (Å²) in [6, 6.07) is 3.41. The number of rotatable bonds is 3. The van der Waals surface area contributed by atoms with Crippen LogP contribution in [-0.4, -0.2) is 15.4 Å². The first kappa shape index (κ1) is 11.4. The van der Waals surface area contributed by atoms with E-state index in [1.54, 1.807) is 12.1 Å². The zero-order chi connectivity index (χ0) is 12.9. The van der Waals surface area contributed by atoms with E-state index in [0.717, 1.165) is 28.1 Å². The molecule has 1 fully saturated rings. The fourth-order valence-corrected chi connectivity index (χ4v) is 2.81. The SMILES string of the molecule is Cc1nc2cc(NC3(C)CC3)c([N+](=O)[O-])cc2s1. The highest BCUT2D eigenvalue weighted by molar-refractivity contribution is 7.18. The summed E-state index contributed by atoms with van der Waals surface area (Å²) in [5, 5.41) is 15.3. The van der Waals surface area contributed by atoms with Gasteiger partial charge in [-0.1, -0.05) is 0 Å². The minimum atomic E-state index is -0.331. The Morgan fingerprint density at radius 2 is 2.22 bits per heavy atom. The number of hydrogen-bond donors (Lipinski definition) is 1. The summed E-state index contributed by atoms with van der Waals surface area (Å²) in [6.07, 6.45) is 2.11. The summed E-state index contributed by atoms with van der Waals surface area (Å²) in [7, 11) is 0. The molecule has 1 aliphatic carbocycles. The number of nitrogens with one attached hydrogen (secondary N) is 1. The molecule has 0 radical (unpaired) electrons. The highest BCUT2D eigenvalue weighted by atomic mass is 32.1. The molecule has 0 spiro atoms. The van der Waals surface area contributed by atoms with Crippen molar-refractivity contribution in [2.45, 2.75) is 32.2 Å². The highest BCUT2D eigenvalue weighted by Crippen LogP contribution is 2.42. The number of thiazole rings is 1. The van der Waals surface area contributed by atoms with Gasteiger partial charge in [0.1, 0.15) is 5.69 Å². The first-order valence-electron chi connectivity index (χ1n) is 5.81. The summed E-state index contributed by atoms with van der Waals surface area (Å²) < 4.78 is 0.866. The van der Waals surface area contributed by atoms with E-state index >= 15 is 0 Å². The topological polar surface area (TPSA) is 68.1 Å². The summed E-state index contributed by atoms with van der Waals surface area (Å²) in [5.74, 6) is 0. The van der Waals surface area contributed by atoms with Gasteiger partial charge in [-0.25, -0.2) is 4.98 Å². The molecule has 1 heterocycles. The second-order valence-electron chi connectivity index (χ2n) is 5.01. The van der Waals surface area contributed by atoms with Gasteiger partial charge in [0.2, 0.25) is 0 Å². The average molecular weight is 263 g/mol. The van der Waals surface area contributed by atoms with Crippen LogP contribution in [0.4, 0.5) is 11.4 Å². The lowest BCUT2D eigenvalue weighted by Gasteiger charge is -2.13. The molecule has 0 atom stereocenters. The van der Waals surface area contributed by atoms with Gasteiger partial charge in [-0.2, -0.15) is 0 Å². The third kappa shape index (κ3) is 1.92. The average Bonchev–Trinajstić information content (AvgIpc) is 2.87. The number of fused-ring (bicyclic) bond motifs is 1. The van der Waals surface area contributed by atoms with Crippen molar-refractivity contribution in [2.75, 3.05) is 5.32 Å². The molecule has 1 aliphatic rings. The highest BCUT2D eigenvalue weighted by Gasteiger charge is 2.38. The molecule has 18 heavy (non-hydrogen) atoms. The van der Waals surface area contributed by atoms with E-state index in [-0.39, 0.29) is 16.1 Å². The lowest BCUT2D eigenvalue weighted by Crippen LogP contribution is -2.16. The molecule has 6 heteroatoms. The predicted molar refractivity (Wildman–Crippen MR) is 72.3 cm³/mol. The molecule has 5 nitrogen and oxygen atoms in total. The fourth-order valence-electron chi connectivity index (χ4n) is 1.97. The summed E-state index contributed by atoms with van der Waals surface area (Å²) in [4.78, 5) is 15.2. The van der Waals surface area contributed by atoms with Gasteiger partial charge in [-0.05, 0) is 32.8 Å². The molecule has 3 rings (SSSR count). The Bertz CT molecular complexity index is 646. The van der Waals surface area contributed by atoms with Crippen molar-refractivity contribution in [3.63, 3.8) is 0 Å². The maximum Gasteiger partial charge on any atom is 0.293 e. The van der Waals surface area contributed by atoms with E-state index in [0.29, 0.717) is 5.69 Å². The van der Waals surface area contributed by atoms with Gasteiger partial charge in [0.15, 0.2) is 0 Å². The maximum atomic E-state index is 11.1. The fraction of sp³-hybridized carbons (Fsp3) is 0.417. The Balaban J connectivity index is 2.13. The van der Waals surface area contributed by atoms with Crippen LogP contribution in [0.15, 0.2) is 12.1 Å². The molecule has 1 aromatic heterocycles. The van der Waals surface area contributed by atoms with Crippen LogP contribution < -0.4 is 5.32 Å². The van der Waals surface area contributed by atoms with E-state index in [2.05, 4.69) is 17.2 Å². The lowest BCUT2D eigenvalue weighted by molar-refractivity contribution is -0.383. The summed E-state index contributed by atoms with van der Waals surface area (Å²) in [5.41, 5.74) is 1.57.